The Hall–Kier alpha value is -1.56. The molecular formula is C11H13N5S. The second-order valence-electron chi connectivity index (χ2n) is 3.94. The van der Waals surface area contributed by atoms with Crippen LogP contribution >= 0.6 is 11.8 Å². The molecule has 0 aromatic carbocycles. The van der Waals surface area contributed by atoms with E-state index in [0.717, 1.165) is 28.7 Å². The summed E-state index contributed by atoms with van der Waals surface area (Å²) in [4.78, 5) is 9.13. The third-order valence-corrected chi connectivity index (χ3v) is 3.73. The van der Waals surface area contributed by atoms with Gasteiger partial charge in [0.25, 0.3) is 0 Å². The normalized spacial score (nSPS) is 13.8. The smallest absolute Gasteiger partial charge is 0.182 e. The van der Waals surface area contributed by atoms with Gasteiger partial charge in [-0.3, -0.25) is 4.68 Å². The fourth-order valence-corrected chi connectivity index (χ4v) is 2.95. The fourth-order valence-electron chi connectivity index (χ4n) is 1.91. The average molecular weight is 247 g/mol. The number of anilines is 1. The average Bonchev–Trinajstić information content (AvgIpc) is 2.95. The maximum absolute atomic E-state index is 4.60. The van der Waals surface area contributed by atoms with Gasteiger partial charge in [0.1, 0.15) is 11.5 Å². The van der Waals surface area contributed by atoms with Crippen LogP contribution in [0.5, 0.6) is 0 Å². The van der Waals surface area contributed by atoms with Crippen molar-refractivity contribution in [2.75, 3.05) is 12.4 Å². The van der Waals surface area contributed by atoms with Crippen LogP contribution in [0.1, 0.15) is 11.3 Å². The monoisotopic (exact) mass is 247 g/mol. The van der Waals surface area contributed by atoms with Gasteiger partial charge >= 0.3 is 0 Å². The van der Waals surface area contributed by atoms with E-state index in [0.29, 0.717) is 5.82 Å². The van der Waals surface area contributed by atoms with E-state index in [1.807, 2.05) is 38.1 Å². The number of thioether (sulfide) groups is 1. The van der Waals surface area contributed by atoms with Crippen molar-refractivity contribution in [3.63, 3.8) is 0 Å². The molecule has 0 amide bonds. The summed E-state index contributed by atoms with van der Waals surface area (Å²) in [6.45, 7) is 0. The van der Waals surface area contributed by atoms with Gasteiger partial charge < -0.3 is 5.32 Å². The summed E-state index contributed by atoms with van der Waals surface area (Å²) in [6, 6.07) is 1.93. The second-order valence-corrected chi connectivity index (χ2v) is 4.92. The van der Waals surface area contributed by atoms with Gasteiger partial charge in [0.05, 0.1) is 5.69 Å². The lowest BCUT2D eigenvalue weighted by Gasteiger charge is -2.07. The molecule has 0 aliphatic carbocycles. The third kappa shape index (κ3) is 1.78. The van der Waals surface area contributed by atoms with Crippen LogP contribution in [0.25, 0.3) is 11.5 Å². The van der Waals surface area contributed by atoms with Gasteiger partial charge in [-0.2, -0.15) is 16.9 Å². The summed E-state index contributed by atoms with van der Waals surface area (Å²) >= 11 is 1.87. The molecule has 1 aliphatic heterocycles. The second kappa shape index (κ2) is 4.03. The van der Waals surface area contributed by atoms with Crippen LogP contribution in [0.4, 0.5) is 5.82 Å². The largest absolute Gasteiger partial charge is 0.373 e. The van der Waals surface area contributed by atoms with E-state index in [4.69, 9.17) is 0 Å². The zero-order valence-corrected chi connectivity index (χ0v) is 10.6. The molecule has 5 nitrogen and oxygen atoms in total. The van der Waals surface area contributed by atoms with Crippen LogP contribution in [0, 0.1) is 0 Å². The van der Waals surface area contributed by atoms with Crippen LogP contribution in [0.3, 0.4) is 0 Å². The number of rotatable bonds is 2. The number of aryl methyl sites for hydroxylation is 1. The minimum atomic E-state index is 0.705. The molecule has 6 heteroatoms. The summed E-state index contributed by atoms with van der Waals surface area (Å²) < 4.78 is 1.76. The van der Waals surface area contributed by atoms with Crippen LogP contribution in [0.15, 0.2) is 12.3 Å². The van der Waals surface area contributed by atoms with Crippen molar-refractivity contribution < 1.29 is 0 Å². The van der Waals surface area contributed by atoms with Crippen LogP contribution < -0.4 is 5.32 Å². The highest BCUT2D eigenvalue weighted by atomic mass is 32.2. The van der Waals surface area contributed by atoms with Crippen LogP contribution in [0.2, 0.25) is 0 Å². The Morgan fingerprint density at radius 3 is 2.94 bits per heavy atom. The van der Waals surface area contributed by atoms with Gasteiger partial charge in [0.2, 0.25) is 0 Å². The zero-order chi connectivity index (χ0) is 11.8. The van der Waals surface area contributed by atoms with Gasteiger partial charge in [-0.15, -0.1) is 0 Å². The van der Waals surface area contributed by atoms with Crippen molar-refractivity contribution in [2.45, 2.75) is 11.5 Å². The highest BCUT2D eigenvalue weighted by molar-refractivity contribution is 7.98. The molecule has 1 aliphatic rings. The Bertz CT molecular complexity index is 563. The lowest BCUT2D eigenvalue weighted by molar-refractivity contribution is 0.768. The van der Waals surface area contributed by atoms with Gasteiger partial charge in [0.15, 0.2) is 5.82 Å². The molecule has 2 aromatic rings. The van der Waals surface area contributed by atoms with Crippen molar-refractivity contribution in [3.05, 3.63) is 23.5 Å². The first kappa shape index (κ1) is 10.6. The summed E-state index contributed by atoms with van der Waals surface area (Å²) in [7, 11) is 3.79. The van der Waals surface area contributed by atoms with E-state index in [9.17, 15) is 0 Å². The summed E-state index contributed by atoms with van der Waals surface area (Å²) in [5, 5.41) is 7.48. The first-order valence-corrected chi connectivity index (χ1v) is 6.58. The highest BCUT2D eigenvalue weighted by Gasteiger charge is 2.20. The lowest BCUT2D eigenvalue weighted by atomic mass is 10.2. The molecule has 0 spiro atoms. The molecule has 0 atom stereocenters. The molecule has 3 heterocycles. The quantitative estimate of drug-likeness (QED) is 0.874. The Labute approximate surface area is 104 Å². The van der Waals surface area contributed by atoms with Crippen molar-refractivity contribution in [2.24, 2.45) is 7.05 Å². The van der Waals surface area contributed by atoms with Gasteiger partial charge in [-0.1, -0.05) is 0 Å². The van der Waals surface area contributed by atoms with E-state index in [1.54, 1.807) is 4.68 Å². The molecule has 2 aromatic heterocycles. The highest BCUT2D eigenvalue weighted by Crippen LogP contribution is 2.33. The molecule has 88 valence electrons. The minimum absolute atomic E-state index is 0.705. The lowest BCUT2D eigenvalue weighted by Crippen LogP contribution is -2.03. The fraction of sp³-hybridized carbons (Fsp3) is 0.364. The zero-order valence-electron chi connectivity index (χ0n) is 9.77. The van der Waals surface area contributed by atoms with Crippen molar-refractivity contribution in [3.8, 4) is 11.5 Å². The number of hydrogen-bond acceptors (Lipinski definition) is 5. The van der Waals surface area contributed by atoms with Crippen molar-refractivity contribution in [1.82, 2.24) is 19.7 Å². The third-order valence-electron chi connectivity index (χ3n) is 2.76. The van der Waals surface area contributed by atoms with E-state index in [1.165, 1.54) is 5.56 Å². The maximum atomic E-state index is 4.60. The van der Waals surface area contributed by atoms with E-state index in [2.05, 4.69) is 20.4 Å². The molecule has 3 rings (SSSR count). The van der Waals surface area contributed by atoms with Gasteiger partial charge in [-0.25, -0.2) is 9.97 Å². The van der Waals surface area contributed by atoms with Crippen LogP contribution in [-0.4, -0.2) is 26.8 Å². The first-order valence-electron chi connectivity index (χ1n) is 5.43. The number of hydrogen-bond donors (Lipinski definition) is 1. The number of nitrogens with one attached hydrogen (secondary N) is 1. The van der Waals surface area contributed by atoms with Gasteiger partial charge in [0, 0.05) is 37.4 Å². The predicted octanol–water partition coefficient (Wildman–Crippen LogP) is 1.67. The summed E-state index contributed by atoms with van der Waals surface area (Å²) in [5.74, 6) is 3.59. The van der Waals surface area contributed by atoms with Crippen molar-refractivity contribution in [1.29, 1.82) is 0 Å². The molecule has 0 fully saturated rings. The van der Waals surface area contributed by atoms with E-state index >= 15 is 0 Å². The predicted molar refractivity (Wildman–Crippen MR) is 68.8 cm³/mol. The Morgan fingerprint density at radius 2 is 2.24 bits per heavy atom. The molecular weight excluding hydrogens is 234 g/mol. The van der Waals surface area contributed by atoms with E-state index < -0.39 is 0 Å². The molecule has 0 bridgehead atoms. The Balaban J connectivity index is 2.12. The molecule has 0 unspecified atom stereocenters. The van der Waals surface area contributed by atoms with E-state index in [-0.39, 0.29) is 0 Å². The molecule has 17 heavy (non-hydrogen) atoms. The maximum Gasteiger partial charge on any atom is 0.182 e. The molecule has 1 N–H and O–H groups in total. The van der Waals surface area contributed by atoms with Crippen LogP contribution in [-0.2, 0) is 18.6 Å². The van der Waals surface area contributed by atoms with Gasteiger partial charge in [-0.05, 0) is 6.07 Å². The Kier molecular flexibility index (Phi) is 2.51. The topological polar surface area (TPSA) is 55.6 Å². The molecule has 0 saturated carbocycles. The number of fused-ring (bicyclic) bond motifs is 1. The molecule has 0 saturated heterocycles. The first-order chi connectivity index (χ1) is 8.28. The number of aromatic nitrogens is 4. The SMILES string of the molecule is CNc1nc(-c2ccn(C)n2)nc2c1CSC2. The summed E-state index contributed by atoms with van der Waals surface area (Å²) in [6.07, 6.45) is 1.90. The Morgan fingerprint density at radius 1 is 1.35 bits per heavy atom. The summed E-state index contributed by atoms with van der Waals surface area (Å²) in [5.41, 5.74) is 3.19. The number of nitrogens with zero attached hydrogens (tertiary/aromatic N) is 4. The molecule has 0 radical (unpaired) electrons. The van der Waals surface area contributed by atoms with Crippen molar-refractivity contribution >= 4 is 17.6 Å². The minimum Gasteiger partial charge on any atom is -0.373 e. The standard InChI is InChI=1S/C11H13N5S/c1-12-10-7-5-17-6-9(7)13-11(14-10)8-3-4-16(2)15-8/h3-4H,5-6H2,1-2H3,(H,12,13,14).